The van der Waals surface area contributed by atoms with Crippen LogP contribution in [0.1, 0.15) is 15.9 Å². The lowest BCUT2D eigenvalue weighted by atomic mass is 10.1. The van der Waals surface area contributed by atoms with Gasteiger partial charge in [0.1, 0.15) is 17.1 Å². The van der Waals surface area contributed by atoms with Gasteiger partial charge in [-0.2, -0.15) is 0 Å². The van der Waals surface area contributed by atoms with E-state index in [-0.39, 0.29) is 5.91 Å². The molecule has 0 aliphatic heterocycles. The Hall–Kier alpha value is -2.43. The summed E-state index contributed by atoms with van der Waals surface area (Å²) in [5.74, 6) is 0.762. The fourth-order valence-corrected chi connectivity index (χ4v) is 1.92. The molecular weight excluding hydrogens is 258 g/mol. The standard InChI is InChI=1S/C15H17NO4/c1-18-12-4-3-5-13(19-2)14(12)15(17)16-8-6-11-7-9-20-10-11/h3-5,7,9-10H,6,8H2,1-2H3,(H,16,17). The molecule has 1 aromatic heterocycles. The molecular formula is C15H17NO4. The van der Waals surface area contributed by atoms with Gasteiger partial charge in [-0.15, -0.1) is 0 Å². The van der Waals surface area contributed by atoms with Gasteiger partial charge in [0.05, 0.1) is 26.7 Å². The van der Waals surface area contributed by atoms with Gasteiger partial charge in [-0.25, -0.2) is 0 Å². The lowest BCUT2D eigenvalue weighted by Crippen LogP contribution is -2.26. The third kappa shape index (κ3) is 3.12. The predicted octanol–water partition coefficient (Wildman–Crippen LogP) is 2.27. The second-order valence-electron chi connectivity index (χ2n) is 4.18. The molecule has 0 fully saturated rings. The molecule has 1 N–H and O–H groups in total. The van der Waals surface area contributed by atoms with Crippen molar-refractivity contribution >= 4 is 5.91 Å². The zero-order valence-electron chi connectivity index (χ0n) is 11.5. The lowest BCUT2D eigenvalue weighted by Gasteiger charge is -2.12. The highest BCUT2D eigenvalue weighted by molar-refractivity contribution is 5.99. The number of rotatable bonds is 6. The molecule has 106 valence electrons. The number of hydrogen-bond acceptors (Lipinski definition) is 4. The van der Waals surface area contributed by atoms with Gasteiger partial charge in [0, 0.05) is 6.54 Å². The van der Waals surface area contributed by atoms with E-state index < -0.39 is 0 Å². The molecule has 0 spiro atoms. The topological polar surface area (TPSA) is 60.7 Å². The minimum atomic E-state index is -0.220. The molecule has 0 saturated heterocycles. The fourth-order valence-electron chi connectivity index (χ4n) is 1.92. The van der Waals surface area contributed by atoms with Crippen LogP contribution in [0, 0.1) is 0 Å². The molecule has 2 aromatic rings. The van der Waals surface area contributed by atoms with Gasteiger partial charge in [-0.1, -0.05) is 6.07 Å². The summed E-state index contributed by atoms with van der Waals surface area (Å²) in [6.45, 7) is 0.513. The maximum absolute atomic E-state index is 12.2. The third-order valence-corrected chi connectivity index (χ3v) is 2.93. The van der Waals surface area contributed by atoms with Crippen LogP contribution in [0.2, 0.25) is 0 Å². The number of amides is 1. The second-order valence-corrected chi connectivity index (χ2v) is 4.18. The molecule has 20 heavy (non-hydrogen) atoms. The van der Waals surface area contributed by atoms with Crippen LogP contribution in [-0.2, 0) is 6.42 Å². The van der Waals surface area contributed by atoms with Crippen LogP contribution in [-0.4, -0.2) is 26.7 Å². The average molecular weight is 275 g/mol. The van der Waals surface area contributed by atoms with Crippen molar-refractivity contribution in [2.24, 2.45) is 0 Å². The predicted molar refractivity (Wildman–Crippen MR) is 74.3 cm³/mol. The van der Waals surface area contributed by atoms with E-state index in [2.05, 4.69) is 5.32 Å². The van der Waals surface area contributed by atoms with E-state index in [0.29, 0.717) is 30.0 Å². The van der Waals surface area contributed by atoms with Gasteiger partial charge in [0.25, 0.3) is 5.91 Å². The molecule has 0 radical (unpaired) electrons. The molecule has 1 heterocycles. The number of methoxy groups -OCH3 is 2. The fraction of sp³-hybridized carbons (Fsp3) is 0.267. The monoisotopic (exact) mass is 275 g/mol. The van der Waals surface area contributed by atoms with E-state index in [1.165, 1.54) is 14.2 Å². The molecule has 5 heteroatoms. The zero-order valence-corrected chi connectivity index (χ0v) is 11.5. The summed E-state index contributed by atoms with van der Waals surface area (Å²) in [6.07, 6.45) is 3.98. The average Bonchev–Trinajstić information content (AvgIpc) is 2.99. The molecule has 0 aliphatic carbocycles. The van der Waals surface area contributed by atoms with Crippen LogP contribution >= 0.6 is 0 Å². The van der Waals surface area contributed by atoms with Crippen molar-refractivity contribution in [2.75, 3.05) is 20.8 Å². The van der Waals surface area contributed by atoms with Crippen molar-refractivity contribution in [2.45, 2.75) is 6.42 Å². The van der Waals surface area contributed by atoms with Crippen LogP contribution in [0.15, 0.2) is 41.2 Å². The first-order chi connectivity index (χ1) is 9.76. The van der Waals surface area contributed by atoms with E-state index in [1.807, 2.05) is 6.07 Å². The summed E-state index contributed by atoms with van der Waals surface area (Å²) >= 11 is 0. The Morgan fingerprint density at radius 2 is 1.90 bits per heavy atom. The van der Waals surface area contributed by atoms with Crippen LogP contribution in [0.5, 0.6) is 11.5 Å². The summed E-state index contributed by atoms with van der Waals surface area (Å²) in [4.78, 5) is 12.2. The minimum absolute atomic E-state index is 0.220. The summed E-state index contributed by atoms with van der Waals surface area (Å²) in [7, 11) is 3.05. The normalized spacial score (nSPS) is 10.1. The molecule has 0 atom stereocenters. The summed E-state index contributed by atoms with van der Waals surface area (Å²) in [6, 6.07) is 7.11. The van der Waals surface area contributed by atoms with Crippen molar-refractivity contribution < 1.29 is 18.7 Å². The van der Waals surface area contributed by atoms with E-state index in [4.69, 9.17) is 13.9 Å². The summed E-state index contributed by atoms with van der Waals surface area (Å²) in [5, 5.41) is 2.85. The van der Waals surface area contributed by atoms with Gasteiger partial charge in [0.15, 0.2) is 0 Å². The molecule has 0 bridgehead atoms. The highest BCUT2D eigenvalue weighted by atomic mass is 16.5. The SMILES string of the molecule is COc1cccc(OC)c1C(=O)NCCc1ccoc1. The molecule has 2 rings (SSSR count). The number of benzene rings is 1. The Bertz CT molecular complexity index is 541. The first kappa shape index (κ1) is 14.0. The van der Waals surface area contributed by atoms with E-state index in [9.17, 15) is 4.79 Å². The maximum atomic E-state index is 12.2. The van der Waals surface area contributed by atoms with Crippen LogP contribution < -0.4 is 14.8 Å². The van der Waals surface area contributed by atoms with Crippen LogP contribution in [0.4, 0.5) is 0 Å². The number of hydrogen-bond donors (Lipinski definition) is 1. The van der Waals surface area contributed by atoms with Gasteiger partial charge in [-0.3, -0.25) is 4.79 Å². The Morgan fingerprint density at radius 1 is 1.20 bits per heavy atom. The van der Waals surface area contributed by atoms with Crippen molar-refractivity contribution in [3.63, 3.8) is 0 Å². The Balaban J connectivity index is 2.04. The highest BCUT2D eigenvalue weighted by Gasteiger charge is 2.17. The quantitative estimate of drug-likeness (QED) is 0.878. The number of nitrogens with one attached hydrogen (secondary N) is 1. The largest absolute Gasteiger partial charge is 0.496 e. The third-order valence-electron chi connectivity index (χ3n) is 2.93. The summed E-state index contributed by atoms with van der Waals surface area (Å²) in [5.41, 5.74) is 1.45. The minimum Gasteiger partial charge on any atom is -0.496 e. The van der Waals surface area contributed by atoms with E-state index in [0.717, 1.165) is 5.56 Å². The first-order valence-electron chi connectivity index (χ1n) is 6.26. The molecule has 0 saturated carbocycles. The molecule has 0 aliphatic rings. The van der Waals surface area contributed by atoms with Gasteiger partial charge in [-0.05, 0) is 30.2 Å². The van der Waals surface area contributed by atoms with Gasteiger partial charge in [0.2, 0.25) is 0 Å². The van der Waals surface area contributed by atoms with Crippen molar-refractivity contribution in [1.29, 1.82) is 0 Å². The van der Waals surface area contributed by atoms with Crippen LogP contribution in [0.25, 0.3) is 0 Å². The number of carbonyl (C=O) groups excluding carboxylic acids is 1. The van der Waals surface area contributed by atoms with Crippen LogP contribution in [0.3, 0.4) is 0 Å². The Kier molecular flexibility index (Phi) is 4.65. The highest BCUT2D eigenvalue weighted by Crippen LogP contribution is 2.27. The summed E-state index contributed by atoms with van der Waals surface area (Å²) < 4.78 is 15.4. The van der Waals surface area contributed by atoms with Gasteiger partial charge < -0.3 is 19.2 Å². The van der Waals surface area contributed by atoms with E-state index >= 15 is 0 Å². The Morgan fingerprint density at radius 3 is 2.45 bits per heavy atom. The Labute approximate surface area is 117 Å². The number of carbonyl (C=O) groups is 1. The zero-order chi connectivity index (χ0) is 14.4. The van der Waals surface area contributed by atoms with Crippen molar-refractivity contribution in [3.8, 4) is 11.5 Å². The number of furan rings is 1. The number of ether oxygens (including phenoxy) is 2. The second kappa shape index (κ2) is 6.65. The van der Waals surface area contributed by atoms with E-state index in [1.54, 1.807) is 30.7 Å². The smallest absolute Gasteiger partial charge is 0.258 e. The maximum Gasteiger partial charge on any atom is 0.258 e. The van der Waals surface area contributed by atoms with Crippen molar-refractivity contribution in [3.05, 3.63) is 47.9 Å². The van der Waals surface area contributed by atoms with Gasteiger partial charge >= 0.3 is 0 Å². The molecule has 5 nitrogen and oxygen atoms in total. The molecule has 0 unspecified atom stereocenters. The first-order valence-corrected chi connectivity index (χ1v) is 6.26. The lowest BCUT2D eigenvalue weighted by molar-refractivity contribution is 0.0948. The molecule has 1 amide bonds. The molecule has 1 aromatic carbocycles. The van der Waals surface area contributed by atoms with Crippen molar-refractivity contribution in [1.82, 2.24) is 5.32 Å².